The van der Waals surface area contributed by atoms with Crippen LogP contribution in [0.3, 0.4) is 0 Å². The summed E-state index contributed by atoms with van der Waals surface area (Å²) < 4.78 is 40.6. The molecule has 0 bridgehead atoms. The van der Waals surface area contributed by atoms with Gasteiger partial charge in [0, 0.05) is 48.3 Å². The molecule has 33 heavy (non-hydrogen) atoms. The van der Waals surface area contributed by atoms with E-state index >= 15 is 0 Å². The summed E-state index contributed by atoms with van der Waals surface area (Å²) in [5.41, 5.74) is 4.31. The molecule has 1 N–H and O–H groups in total. The minimum absolute atomic E-state index is 0.0700. The lowest BCUT2D eigenvalue weighted by Gasteiger charge is -2.22. The van der Waals surface area contributed by atoms with Crippen LogP contribution in [0.5, 0.6) is 0 Å². The molecule has 1 fully saturated rings. The van der Waals surface area contributed by atoms with Gasteiger partial charge in [-0.1, -0.05) is 6.92 Å². The van der Waals surface area contributed by atoms with Crippen molar-refractivity contribution in [3.8, 4) is 0 Å². The molecule has 6 nitrogen and oxygen atoms in total. The Kier molecular flexibility index (Phi) is 5.74. The molecule has 174 valence electrons. The third-order valence-corrected chi connectivity index (χ3v) is 8.79. The molecule has 2 heterocycles. The Morgan fingerprint density at radius 3 is 2.64 bits per heavy atom. The van der Waals surface area contributed by atoms with E-state index in [1.807, 2.05) is 18.2 Å². The number of nitrogens with zero attached hydrogens (tertiary/aromatic N) is 2. The number of aromatic nitrogens is 1. The third-order valence-electron chi connectivity index (χ3n) is 6.87. The number of nitrogens with one attached hydrogen (secondary N) is 1. The number of aryl methyl sites for hydroxylation is 1. The van der Waals surface area contributed by atoms with Gasteiger partial charge in [-0.25, -0.2) is 12.8 Å². The van der Waals surface area contributed by atoms with Crippen molar-refractivity contribution in [2.24, 2.45) is 5.92 Å². The number of halogens is 1. The van der Waals surface area contributed by atoms with Crippen molar-refractivity contribution in [3.05, 3.63) is 65.1 Å². The first-order chi connectivity index (χ1) is 15.8. The summed E-state index contributed by atoms with van der Waals surface area (Å²) in [6.45, 7) is 3.62. The Labute approximate surface area is 193 Å². The fourth-order valence-electron chi connectivity index (χ4n) is 5.00. The number of fused-ring (bicyclic) bond motifs is 3. The predicted molar refractivity (Wildman–Crippen MR) is 125 cm³/mol. The summed E-state index contributed by atoms with van der Waals surface area (Å²) in [4.78, 5) is 18.6. The Bertz CT molecular complexity index is 1300. The van der Waals surface area contributed by atoms with Crippen molar-refractivity contribution >= 4 is 26.8 Å². The van der Waals surface area contributed by atoms with E-state index in [0.717, 1.165) is 35.9 Å². The van der Waals surface area contributed by atoms with Gasteiger partial charge in [0.05, 0.1) is 4.90 Å². The largest absolute Gasteiger partial charge is 0.358 e. The molecule has 1 aliphatic carbocycles. The molecule has 0 spiro atoms. The highest BCUT2D eigenvalue weighted by Gasteiger charge is 2.29. The molecule has 1 atom stereocenters. The lowest BCUT2D eigenvalue weighted by Crippen LogP contribution is -2.37. The zero-order valence-corrected chi connectivity index (χ0v) is 19.5. The molecule has 2 aromatic carbocycles. The lowest BCUT2D eigenvalue weighted by molar-refractivity contribution is 0.0764. The van der Waals surface area contributed by atoms with Crippen LogP contribution in [0.15, 0.2) is 47.4 Å². The van der Waals surface area contributed by atoms with E-state index in [4.69, 9.17) is 0 Å². The first kappa shape index (κ1) is 22.1. The van der Waals surface area contributed by atoms with Crippen LogP contribution in [-0.4, -0.2) is 54.7 Å². The van der Waals surface area contributed by atoms with E-state index in [0.29, 0.717) is 37.5 Å². The number of hydrogen-bond acceptors (Lipinski definition) is 3. The minimum Gasteiger partial charge on any atom is -0.358 e. The zero-order valence-electron chi connectivity index (χ0n) is 18.7. The standard InChI is InChI=1S/C25H28FN3O3S/c1-17-3-9-23-21(15-17)22-16-18(4-10-24(22)27-23)25(30)28-11-2-12-29(14-13-28)33(31,32)20-7-5-19(26)6-8-20/h4-8,10,16-17,27H,2-3,9,11-15H2,1H3/t17-/m1/s1. The molecular weight excluding hydrogens is 441 g/mol. The summed E-state index contributed by atoms with van der Waals surface area (Å²) in [5.74, 6) is 0.0870. The lowest BCUT2D eigenvalue weighted by atomic mass is 9.87. The molecule has 2 aliphatic rings. The summed E-state index contributed by atoms with van der Waals surface area (Å²) in [7, 11) is -3.73. The number of benzene rings is 2. The number of rotatable bonds is 3. The highest BCUT2D eigenvalue weighted by atomic mass is 32.2. The predicted octanol–water partition coefficient (Wildman–Crippen LogP) is 3.97. The first-order valence-electron chi connectivity index (χ1n) is 11.5. The quantitative estimate of drug-likeness (QED) is 0.631. The van der Waals surface area contributed by atoms with Gasteiger partial charge in [0.25, 0.3) is 5.91 Å². The molecule has 0 unspecified atom stereocenters. The van der Waals surface area contributed by atoms with Crippen molar-refractivity contribution in [1.29, 1.82) is 0 Å². The van der Waals surface area contributed by atoms with Crippen LogP contribution < -0.4 is 0 Å². The third kappa shape index (κ3) is 4.17. The number of carbonyl (C=O) groups is 1. The topological polar surface area (TPSA) is 73.5 Å². The van der Waals surface area contributed by atoms with Crippen molar-refractivity contribution in [2.45, 2.75) is 37.5 Å². The number of carbonyl (C=O) groups excluding carboxylic acids is 1. The average Bonchev–Trinajstić information content (AvgIpc) is 2.98. The van der Waals surface area contributed by atoms with Gasteiger partial charge in [-0.2, -0.15) is 4.31 Å². The molecule has 5 rings (SSSR count). The van der Waals surface area contributed by atoms with Crippen LogP contribution >= 0.6 is 0 Å². The van der Waals surface area contributed by atoms with Crippen molar-refractivity contribution in [2.75, 3.05) is 26.2 Å². The van der Waals surface area contributed by atoms with Crippen LogP contribution in [0.2, 0.25) is 0 Å². The van der Waals surface area contributed by atoms with Gasteiger partial charge in [-0.3, -0.25) is 4.79 Å². The average molecular weight is 470 g/mol. The summed E-state index contributed by atoms with van der Waals surface area (Å²) >= 11 is 0. The van der Waals surface area contributed by atoms with Crippen LogP contribution in [0.4, 0.5) is 4.39 Å². The van der Waals surface area contributed by atoms with Crippen molar-refractivity contribution in [1.82, 2.24) is 14.2 Å². The van der Waals surface area contributed by atoms with Gasteiger partial charge in [-0.15, -0.1) is 0 Å². The van der Waals surface area contributed by atoms with E-state index in [1.165, 1.54) is 34.1 Å². The van der Waals surface area contributed by atoms with Gasteiger partial charge in [0.2, 0.25) is 10.0 Å². The number of H-pyrrole nitrogens is 1. The molecule has 1 aromatic heterocycles. The maximum Gasteiger partial charge on any atom is 0.253 e. The van der Waals surface area contributed by atoms with E-state index in [9.17, 15) is 17.6 Å². The van der Waals surface area contributed by atoms with Crippen molar-refractivity contribution < 1.29 is 17.6 Å². The van der Waals surface area contributed by atoms with Gasteiger partial charge >= 0.3 is 0 Å². The maximum atomic E-state index is 13.3. The van der Waals surface area contributed by atoms with Crippen LogP contribution in [-0.2, 0) is 22.9 Å². The van der Waals surface area contributed by atoms with Gasteiger partial charge in [-0.05, 0) is 79.6 Å². The fourth-order valence-corrected chi connectivity index (χ4v) is 6.47. The molecular formula is C25H28FN3O3S. The maximum absolute atomic E-state index is 13.3. The van der Waals surface area contributed by atoms with E-state index in [1.54, 1.807) is 4.90 Å². The van der Waals surface area contributed by atoms with Gasteiger partial charge in [0.15, 0.2) is 0 Å². The monoisotopic (exact) mass is 469 g/mol. The summed E-state index contributed by atoms with van der Waals surface area (Å²) in [6, 6.07) is 10.7. The molecule has 8 heteroatoms. The smallest absolute Gasteiger partial charge is 0.253 e. The van der Waals surface area contributed by atoms with Crippen LogP contribution in [0, 0.1) is 11.7 Å². The van der Waals surface area contributed by atoms with Crippen molar-refractivity contribution in [3.63, 3.8) is 0 Å². The molecule has 3 aromatic rings. The van der Waals surface area contributed by atoms with E-state index < -0.39 is 15.8 Å². The van der Waals surface area contributed by atoms with Crippen LogP contribution in [0.1, 0.15) is 41.4 Å². The second kappa shape index (κ2) is 8.57. The highest BCUT2D eigenvalue weighted by molar-refractivity contribution is 7.89. The summed E-state index contributed by atoms with van der Waals surface area (Å²) in [6.07, 6.45) is 3.79. The Morgan fingerprint density at radius 1 is 1.06 bits per heavy atom. The second-order valence-corrected chi connectivity index (χ2v) is 11.1. The normalized spacial score (nSPS) is 19.9. The molecule has 1 saturated heterocycles. The van der Waals surface area contributed by atoms with Gasteiger partial charge < -0.3 is 9.88 Å². The summed E-state index contributed by atoms with van der Waals surface area (Å²) in [5, 5.41) is 1.12. The molecule has 0 saturated carbocycles. The first-order valence-corrected chi connectivity index (χ1v) is 13.0. The number of sulfonamides is 1. The van der Waals surface area contributed by atoms with Crippen LogP contribution in [0.25, 0.3) is 10.9 Å². The molecule has 0 radical (unpaired) electrons. The minimum atomic E-state index is -3.73. The SMILES string of the molecule is C[C@@H]1CCc2[nH]c3ccc(C(=O)N4CCCN(S(=O)(=O)c5ccc(F)cc5)CC4)cc3c2C1. The fraction of sp³-hybridized carbons (Fsp3) is 0.400. The van der Waals surface area contributed by atoms with E-state index in [-0.39, 0.29) is 17.3 Å². The molecule has 1 aliphatic heterocycles. The Morgan fingerprint density at radius 2 is 1.85 bits per heavy atom. The number of amides is 1. The van der Waals surface area contributed by atoms with E-state index in [2.05, 4.69) is 11.9 Å². The second-order valence-electron chi connectivity index (χ2n) is 9.19. The number of hydrogen-bond donors (Lipinski definition) is 1. The number of aromatic amines is 1. The van der Waals surface area contributed by atoms with Gasteiger partial charge in [0.1, 0.15) is 5.82 Å². The Hall–Kier alpha value is -2.71. The Balaban J connectivity index is 1.34. The highest BCUT2D eigenvalue weighted by Crippen LogP contribution is 2.32. The molecule has 1 amide bonds. The zero-order chi connectivity index (χ0) is 23.2.